The molecule has 0 aliphatic carbocycles. The maximum Gasteiger partial charge on any atom is 0.0265 e. The molecule has 124 valence electrons. The lowest BCUT2D eigenvalue weighted by Crippen LogP contribution is -1.85. The van der Waals surface area contributed by atoms with Crippen molar-refractivity contribution in [1.82, 2.24) is 0 Å². The van der Waals surface area contributed by atoms with Gasteiger partial charge in [0.05, 0.1) is 0 Å². The zero-order valence-corrected chi connectivity index (χ0v) is 17.7. The molecule has 0 unspecified atom stereocenters. The Kier molecular flexibility index (Phi) is 6.82. The first kappa shape index (κ1) is 19.0. The maximum absolute atomic E-state index is 3.64. The van der Waals surface area contributed by atoms with E-state index in [-0.39, 0.29) is 0 Å². The van der Waals surface area contributed by atoms with E-state index in [9.17, 15) is 0 Å². The lowest BCUT2D eigenvalue weighted by molar-refractivity contribution is 1.38. The lowest BCUT2D eigenvalue weighted by atomic mass is 9.98. The Labute approximate surface area is 162 Å². The first-order valence-corrected chi connectivity index (χ1v) is 9.76. The summed E-state index contributed by atoms with van der Waals surface area (Å²) < 4.78 is 2.20. The molecule has 0 spiro atoms. The molecule has 0 saturated heterocycles. The van der Waals surface area contributed by atoms with Crippen LogP contribution in [-0.4, -0.2) is 0 Å². The van der Waals surface area contributed by atoms with Crippen LogP contribution in [0.2, 0.25) is 0 Å². The first-order chi connectivity index (χ1) is 11.5. The number of hydrogen-bond acceptors (Lipinski definition) is 0. The third-order valence-corrected chi connectivity index (χ3v) is 5.01. The Balaban J connectivity index is 0.00000100. The summed E-state index contributed by atoms with van der Waals surface area (Å²) in [6.07, 6.45) is 0. The second kappa shape index (κ2) is 8.64. The minimum absolute atomic E-state index is 1.10. The van der Waals surface area contributed by atoms with Crippen molar-refractivity contribution in [2.24, 2.45) is 0 Å². The van der Waals surface area contributed by atoms with Crippen molar-refractivity contribution in [2.75, 3.05) is 0 Å². The predicted molar refractivity (Wildman–Crippen MR) is 114 cm³/mol. The Morgan fingerprint density at radius 2 is 1.04 bits per heavy atom. The van der Waals surface area contributed by atoms with Crippen molar-refractivity contribution in [1.29, 1.82) is 0 Å². The quantitative estimate of drug-likeness (QED) is 0.372. The minimum Gasteiger partial charge on any atom is -0.0683 e. The number of rotatable bonds is 2. The molecule has 0 N–H and O–H groups in total. The van der Waals surface area contributed by atoms with Crippen molar-refractivity contribution in [3.05, 3.63) is 80.7 Å². The van der Waals surface area contributed by atoms with Gasteiger partial charge in [0.25, 0.3) is 0 Å². The Morgan fingerprint density at radius 3 is 1.54 bits per heavy atom. The van der Waals surface area contributed by atoms with Gasteiger partial charge in [-0.3, -0.25) is 0 Å². The van der Waals surface area contributed by atoms with E-state index in [2.05, 4.69) is 100 Å². The molecular formula is C22H22Br2. The van der Waals surface area contributed by atoms with Crippen LogP contribution in [0.3, 0.4) is 0 Å². The second-order valence-electron chi connectivity index (χ2n) is 5.55. The molecule has 0 aliphatic heterocycles. The fourth-order valence-corrected chi connectivity index (χ4v) is 4.20. The third kappa shape index (κ3) is 4.37. The fraction of sp³-hybridized carbons (Fsp3) is 0.182. The average molecular weight is 446 g/mol. The van der Waals surface area contributed by atoms with Crippen molar-refractivity contribution in [3.8, 4) is 22.3 Å². The van der Waals surface area contributed by atoms with Crippen LogP contribution in [0.5, 0.6) is 0 Å². The van der Waals surface area contributed by atoms with Gasteiger partial charge in [-0.2, -0.15) is 0 Å². The largest absolute Gasteiger partial charge is 0.0683 e. The predicted octanol–water partition coefficient (Wildman–Crippen LogP) is 8.19. The highest BCUT2D eigenvalue weighted by molar-refractivity contribution is 9.11. The van der Waals surface area contributed by atoms with Crippen LogP contribution in [0.25, 0.3) is 22.3 Å². The van der Waals surface area contributed by atoms with Gasteiger partial charge in [0.15, 0.2) is 0 Å². The first-order valence-electron chi connectivity index (χ1n) is 8.18. The summed E-state index contributed by atoms with van der Waals surface area (Å²) in [6.45, 7) is 8.28. The van der Waals surface area contributed by atoms with Crippen molar-refractivity contribution in [2.45, 2.75) is 27.7 Å². The van der Waals surface area contributed by atoms with Crippen LogP contribution >= 0.6 is 31.9 Å². The molecular weight excluding hydrogens is 424 g/mol. The normalized spacial score (nSPS) is 10.1. The summed E-state index contributed by atoms with van der Waals surface area (Å²) >= 11 is 7.27. The Bertz CT molecular complexity index is 777. The van der Waals surface area contributed by atoms with Gasteiger partial charge in [0.2, 0.25) is 0 Å². The summed E-state index contributed by atoms with van der Waals surface area (Å²) in [7, 11) is 0. The second-order valence-corrected chi connectivity index (χ2v) is 7.26. The summed E-state index contributed by atoms with van der Waals surface area (Å²) in [5, 5.41) is 0. The van der Waals surface area contributed by atoms with Crippen LogP contribution in [0.1, 0.15) is 25.0 Å². The van der Waals surface area contributed by atoms with E-state index in [0.29, 0.717) is 0 Å². The molecule has 0 radical (unpaired) electrons. The van der Waals surface area contributed by atoms with E-state index in [1.54, 1.807) is 0 Å². The SMILES string of the molecule is CC.Cc1cc(C)cc(-c2ccc(-c3c(Br)cccc3Br)cc2)c1. The molecule has 0 saturated carbocycles. The molecule has 3 aromatic carbocycles. The molecule has 0 atom stereocenters. The molecule has 3 aromatic rings. The fourth-order valence-electron chi connectivity index (χ4n) is 2.74. The van der Waals surface area contributed by atoms with E-state index in [1.165, 1.54) is 33.4 Å². The van der Waals surface area contributed by atoms with Crippen LogP contribution in [0.15, 0.2) is 69.6 Å². The molecule has 0 heterocycles. The van der Waals surface area contributed by atoms with E-state index < -0.39 is 0 Å². The Morgan fingerprint density at radius 1 is 0.583 bits per heavy atom. The van der Waals surface area contributed by atoms with Crippen molar-refractivity contribution >= 4 is 31.9 Å². The average Bonchev–Trinajstić information content (AvgIpc) is 2.56. The third-order valence-electron chi connectivity index (χ3n) is 3.69. The van der Waals surface area contributed by atoms with E-state index in [1.807, 2.05) is 19.9 Å². The number of halogens is 2. The summed E-state index contributed by atoms with van der Waals surface area (Å²) in [6, 6.07) is 21.6. The van der Waals surface area contributed by atoms with Gasteiger partial charge in [-0.05, 0) is 42.7 Å². The van der Waals surface area contributed by atoms with Crippen LogP contribution in [0, 0.1) is 13.8 Å². The highest BCUT2D eigenvalue weighted by Gasteiger charge is 2.08. The van der Waals surface area contributed by atoms with Gasteiger partial charge in [0, 0.05) is 14.5 Å². The zero-order chi connectivity index (χ0) is 17.7. The van der Waals surface area contributed by atoms with Gasteiger partial charge in [0.1, 0.15) is 0 Å². The molecule has 3 rings (SSSR count). The summed E-state index contributed by atoms with van der Waals surface area (Å²) in [5.41, 5.74) is 7.51. The smallest absolute Gasteiger partial charge is 0.0265 e. The molecule has 0 bridgehead atoms. The summed E-state index contributed by atoms with van der Waals surface area (Å²) in [4.78, 5) is 0. The van der Waals surface area contributed by atoms with Gasteiger partial charge < -0.3 is 0 Å². The van der Waals surface area contributed by atoms with Crippen LogP contribution < -0.4 is 0 Å². The number of hydrogen-bond donors (Lipinski definition) is 0. The molecule has 2 heteroatoms. The number of aryl methyl sites for hydroxylation is 2. The molecule has 0 fully saturated rings. The van der Waals surface area contributed by atoms with Gasteiger partial charge >= 0.3 is 0 Å². The van der Waals surface area contributed by atoms with E-state index in [0.717, 1.165) is 8.95 Å². The molecule has 24 heavy (non-hydrogen) atoms. The standard InChI is InChI=1S/C20H16Br2.C2H6/c1-13-10-14(2)12-17(11-13)15-6-8-16(9-7-15)20-18(21)4-3-5-19(20)22;1-2/h3-12H,1-2H3;1-2H3. The maximum atomic E-state index is 3.64. The number of benzene rings is 3. The highest BCUT2D eigenvalue weighted by Crippen LogP contribution is 2.36. The molecule has 0 aromatic heterocycles. The van der Waals surface area contributed by atoms with Gasteiger partial charge in [-0.1, -0.05) is 105 Å². The van der Waals surface area contributed by atoms with Crippen molar-refractivity contribution < 1.29 is 0 Å². The van der Waals surface area contributed by atoms with Gasteiger partial charge in [-0.25, -0.2) is 0 Å². The van der Waals surface area contributed by atoms with E-state index in [4.69, 9.17) is 0 Å². The summed E-state index contributed by atoms with van der Waals surface area (Å²) in [5.74, 6) is 0. The molecule has 0 nitrogen and oxygen atoms in total. The van der Waals surface area contributed by atoms with E-state index >= 15 is 0 Å². The molecule has 0 aliphatic rings. The van der Waals surface area contributed by atoms with Crippen LogP contribution in [0.4, 0.5) is 0 Å². The molecule has 0 amide bonds. The van der Waals surface area contributed by atoms with Gasteiger partial charge in [-0.15, -0.1) is 0 Å². The Hall–Kier alpha value is -1.38. The zero-order valence-electron chi connectivity index (χ0n) is 14.5. The van der Waals surface area contributed by atoms with Crippen molar-refractivity contribution in [3.63, 3.8) is 0 Å². The monoisotopic (exact) mass is 444 g/mol. The minimum atomic E-state index is 1.10. The highest BCUT2D eigenvalue weighted by atomic mass is 79.9. The van der Waals surface area contributed by atoms with Crippen LogP contribution in [-0.2, 0) is 0 Å². The topological polar surface area (TPSA) is 0 Å². The lowest BCUT2D eigenvalue weighted by Gasteiger charge is -2.10.